The first-order chi connectivity index (χ1) is 9.56. The summed E-state index contributed by atoms with van der Waals surface area (Å²) < 4.78 is 1.60. The van der Waals surface area contributed by atoms with Gasteiger partial charge in [0.1, 0.15) is 5.69 Å². The number of rotatable bonds is 4. The molecule has 1 fully saturated rings. The average molecular weight is 296 g/mol. The molecule has 1 saturated carbocycles. The SMILES string of the molecule is CCc1nn(C)c(C(=O)NC2CCCC(SC)C2)c1N. The van der Waals surface area contributed by atoms with Crippen LogP contribution in [0.4, 0.5) is 5.69 Å². The van der Waals surface area contributed by atoms with E-state index in [1.165, 1.54) is 12.8 Å². The van der Waals surface area contributed by atoms with Gasteiger partial charge in [0.2, 0.25) is 0 Å². The third-order valence-electron chi connectivity index (χ3n) is 4.00. The van der Waals surface area contributed by atoms with Gasteiger partial charge < -0.3 is 11.1 Å². The number of nitrogens with two attached hydrogens (primary N) is 1. The molecular weight excluding hydrogens is 272 g/mol. The summed E-state index contributed by atoms with van der Waals surface area (Å²) in [6.45, 7) is 1.99. The molecule has 2 unspecified atom stereocenters. The number of aryl methyl sites for hydroxylation is 2. The second kappa shape index (κ2) is 6.52. The van der Waals surface area contributed by atoms with E-state index in [4.69, 9.17) is 5.73 Å². The summed E-state index contributed by atoms with van der Waals surface area (Å²) >= 11 is 1.89. The number of anilines is 1. The lowest BCUT2D eigenvalue weighted by Crippen LogP contribution is -2.40. The van der Waals surface area contributed by atoms with Crippen molar-refractivity contribution in [1.82, 2.24) is 15.1 Å². The van der Waals surface area contributed by atoms with Crippen LogP contribution in [0, 0.1) is 0 Å². The maximum Gasteiger partial charge on any atom is 0.271 e. The van der Waals surface area contributed by atoms with E-state index in [0.717, 1.165) is 25.0 Å². The quantitative estimate of drug-likeness (QED) is 0.891. The summed E-state index contributed by atoms with van der Waals surface area (Å²) in [7, 11) is 1.77. The van der Waals surface area contributed by atoms with Crippen LogP contribution in [0.5, 0.6) is 0 Å². The van der Waals surface area contributed by atoms with Crippen LogP contribution < -0.4 is 11.1 Å². The minimum atomic E-state index is -0.0936. The summed E-state index contributed by atoms with van der Waals surface area (Å²) in [6.07, 6.45) is 7.41. The Morgan fingerprint density at radius 3 is 2.90 bits per heavy atom. The van der Waals surface area contributed by atoms with Crippen LogP contribution in [0.15, 0.2) is 0 Å². The van der Waals surface area contributed by atoms with E-state index in [-0.39, 0.29) is 11.9 Å². The molecule has 0 aliphatic heterocycles. The molecule has 1 amide bonds. The van der Waals surface area contributed by atoms with Crippen molar-refractivity contribution in [3.8, 4) is 0 Å². The van der Waals surface area contributed by atoms with E-state index in [9.17, 15) is 4.79 Å². The van der Waals surface area contributed by atoms with Gasteiger partial charge in [0.15, 0.2) is 0 Å². The standard InChI is InChI=1S/C14H24N4OS/c1-4-11-12(15)13(18(2)17-11)14(19)16-9-6-5-7-10(8-9)20-3/h9-10H,4-8,15H2,1-3H3,(H,16,19). The van der Waals surface area contributed by atoms with Crippen molar-refractivity contribution in [3.05, 3.63) is 11.4 Å². The highest BCUT2D eigenvalue weighted by molar-refractivity contribution is 7.99. The van der Waals surface area contributed by atoms with Crippen LogP contribution in [0.2, 0.25) is 0 Å². The van der Waals surface area contributed by atoms with Gasteiger partial charge in [-0.3, -0.25) is 9.48 Å². The highest BCUT2D eigenvalue weighted by atomic mass is 32.2. The molecule has 112 valence electrons. The van der Waals surface area contributed by atoms with Gasteiger partial charge in [-0.15, -0.1) is 0 Å². The Labute approximate surface area is 124 Å². The van der Waals surface area contributed by atoms with Crippen LogP contribution in [0.3, 0.4) is 0 Å². The second-order valence-electron chi connectivity index (χ2n) is 5.38. The molecule has 0 radical (unpaired) electrons. The monoisotopic (exact) mass is 296 g/mol. The van der Waals surface area contributed by atoms with Crippen molar-refractivity contribution >= 4 is 23.4 Å². The van der Waals surface area contributed by atoms with Gasteiger partial charge in [0, 0.05) is 18.3 Å². The van der Waals surface area contributed by atoms with Crippen LogP contribution in [-0.4, -0.2) is 33.2 Å². The molecule has 2 atom stereocenters. The molecule has 0 spiro atoms. The van der Waals surface area contributed by atoms with Crippen molar-refractivity contribution in [1.29, 1.82) is 0 Å². The molecule has 2 rings (SSSR count). The molecule has 1 aromatic rings. The second-order valence-corrected chi connectivity index (χ2v) is 6.52. The molecule has 20 heavy (non-hydrogen) atoms. The lowest BCUT2D eigenvalue weighted by atomic mass is 9.95. The number of carbonyl (C=O) groups is 1. The smallest absolute Gasteiger partial charge is 0.271 e. The van der Waals surface area contributed by atoms with E-state index < -0.39 is 0 Å². The van der Waals surface area contributed by atoms with Crippen molar-refractivity contribution < 1.29 is 4.79 Å². The number of nitrogens with zero attached hydrogens (tertiary/aromatic N) is 2. The summed E-state index contributed by atoms with van der Waals surface area (Å²) in [5, 5.41) is 8.08. The van der Waals surface area contributed by atoms with Crippen molar-refractivity contribution in [2.75, 3.05) is 12.0 Å². The van der Waals surface area contributed by atoms with Gasteiger partial charge in [-0.05, 0) is 31.9 Å². The van der Waals surface area contributed by atoms with E-state index in [0.29, 0.717) is 16.6 Å². The van der Waals surface area contributed by atoms with E-state index >= 15 is 0 Å². The fraction of sp³-hybridized carbons (Fsp3) is 0.714. The molecule has 1 aliphatic rings. The molecule has 6 heteroatoms. The Morgan fingerprint density at radius 1 is 1.55 bits per heavy atom. The Hall–Kier alpha value is -1.17. The number of carbonyl (C=O) groups excluding carboxylic acids is 1. The summed E-state index contributed by atoms with van der Waals surface area (Å²) in [5.41, 5.74) is 7.83. The molecular formula is C14H24N4OS. The Balaban J connectivity index is 2.06. The highest BCUT2D eigenvalue weighted by Gasteiger charge is 2.25. The van der Waals surface area contributed by atoms with Crippen LogP contribution >= 0.6 is 11.8 Å². The van der Waals surface area contributed by atoms with Crippen LogP contribution in [0.1, 0.15) is 48.8 Å². The lowest BCUT2D eigenvalue weighted by molar-refractivity contribution is 0.0920. The zero-order chi connectivity index (χ0) is 14.7. The first-order valence-electron chi connectivity index (χ1n) is 7.21. The fourth-order valence-corrected chi connectivity index (χ4v) is 3.70. The predicted molar refractivity (Wildman–Crippen MR) is 84.0 cm³/mol. The Bertz CT molecular complexity index is 486. The molecule has 1 heterocycles. The van der Waals surface area contributed by atoms with Gasteiger partial charge in [-0.25, -0.2) is 0 Å². The molecule has 0 aromatic carbocycles. The molecule has 1 aromatic heterocycles. The lowest BCUT2D eigenvalue weighted by Gasteiger charge is -2.28. The summed E-state index contributed by atoms with van der Waals surface area (Å²) in [6, 6.07) is 0.257. The zero-order valence-corrected chi connectivity index (χ0v) is 13.3. The molecule has 1 aliphatic carbocycles. The maximum atomic E-state index is 12.4. The first-order valence-corrected chi connectivity index (χ1v) is 8.50. The van der Waals surface area contributed by atoms with Gasteiger partial charge in [0.05, 0.1) is 11.4 Å². The van der Waals surface area contributed by atoms with Gasteiger partial charge in [0.25, 0.3) is 5.91 Å². The number of hydrogen-bond donors (Lipinski definition) is 2. The Kier molecular flexibility index (Phi) is 4.96. The number of aromatic nitrogens is 2. The largest absolute Gasteiger partial charge is 0.395 e. The normalized spacial score (nSPS) is 22.8. The zero-order valence-electron chi connectivity index (χ0n) is 12.5. The summed E-state index contributed by atoms with van der Waals surface area (Å²) in [4.78, 5) is 12.4. The number of nitrogen functional groups attached to an aromatic ring is 1. The highest BCUT2D eigenvalue weighted by Crippen LogP contribution is 2.27. The van der Waals surface area contributed by atoms with E-state index in [1.807, 2.05) is 18.7 Å². The first kappa shape index (κ1) is 15.2. The number of amides is 1. The van der Waals surface area contributed by atoms with E-state index in [1.54, 1.807) is 11.7 Å². The van der Waals surface area contributed by atoms with Gasteiger partial charge in [-0.1, -0.05) is 13.3 Å². The molecule has 3 N–H and O–H groups in total. The number of hydrogen-bond acceptors (Lipinski definition) is 4. The molecule has 0 bridgehead atoms. The molecule has 0 saturated heterocycles. The van der Waals surface area contributed by atoms with Crippen LogP contribution in [0.25, 0.3) is 0 Å². The molecule has 5 nitrogen and oxygen atoms in total. The predicted octanol–water partition coefficient (Wildman–Crippen LogP) is 1.97. The van der Waals surface area contributed by atoms with Gasteiger partial charge >= 0.3 is 0 Å². The topological polar surface area (TPSA) is 72.9 Å². The van der Waals surface area contributed by atoms with Gasteiger partial charge in [-0.2, -0.15) is 16.9 Å². The Morgan fingerprint density at radius 2 is 2.30 bits per heavy atom. The maximum absolute atomic E-state index is 12.4. The average Bonchev–Trinajstić information content (AvgIpc) is 2.73. The third-order valence-corrected chi connectivity index (χ3v) is 5.10. The van der Waals surface area contributed by atoms with Crippen LogP contribution in [-0.2, 0) is 13.5 Å². The van der Waals surface area contributed by atoms with E-state index in [2.05, 4.69) is 16.7 Å². The van der Waals surface area contributed by atoms with Crippen molar-refractivity contribution in [2.24, 2.45) is 7.05 Å². The number of nitrogens with one attached hydrogen (secondary N) is 1. The minimum Gasteiger partial charge on any atom is -0.395 e. The fourth-order valence-electron chi connectivity index (χ4n) is 2.87. The van der Waals surface area contributed by atoms with Crippen molar-refractivity contribution in [3.63, 3.8) is 0 Å². The minimum absolute atomic E-state index is 0.0936. The summed E-state index contributed by atoms with van der Waals surface area (Å²) in [5.74, 6) is -0.0936. The third kappa shape index (κ3) is 3.11. The van der Waals surface area contributed by atoms with Crippen molar-refractivity contribution in [2.45, 2.75) is 50.3 Å². The number of thioether (sulfide) groups is 1.